The van der Waals surface area contributed by atoms with Gasteiger partial charge in [-0.3, -0.25) is 4.68 Å². The van der Waals surface area contributed by atoms with Crippen molar-refractivity contribution in [3.8, 4) is 5.69 Å². The van der Waals surface area contributed by atoms with E-state index in [-0.39, 0.29) is 18.0 Å². The van der Waals surface area contributed by atoms with Crippen LogP contribution in [0.25, 0.3) is 27.6 Å². The zero-order valence-corrected chi connectivity index (χ0v) is 17.1. The van der Waals surface area contributed by atoms with E-state index in [2.05, 4.69) is 10.00 Å². The van der Waals surface area contributed by atoms with Crippen molar-refractivity contribution in [1.82, 2.24) is 24.5 Å². The summed E-state index contributed by atoms with van der Waals surface area (Å²) < 4.78 is 23.0. The second-order valence-corrected chi connectivity index (χ2v) is 7.87. The van der Waals surface area contributed by atoms with E-state index in [1.807, 2.05) is 20.9 Å². The lowest BCUT2D eigenvalue weighted by Gasteiger charge is -2.36. The Balaban J connectivity index is 1.80. The summed E-state index contributed by atoms with van der Waals surface area (Å²) in [5.41, 5.74) is 1.97. The highest BCUT2D eigenvalue weighted by Crippen LogP contribution is 2.38. The van der Waals surface area contributed by atoms with Gasteiger partial charge in [-0.05, 0) is 32.0 Å². The monoisotopic (exact) mass is 414 g/mol. The molecule has 1 aliphatic rings. The Morgan fingerprint density at radius 3 is 2.69 bits per heavy atom. The molecule has 7 nitrogen and oxygen atoms in total. The fourth-order valence-corrected chi connectivity index (χ4v) is 4.34. The average Bonchev–Trinajstić information content (AvgIpc) is 3.21. The minimum Gasteiger partial charge on any atom is -0.372 e. The van der Waals surface area contributed by atoms with Crippen molar-refractivity contribution in [2.24, 2.45) is 7.05 Å². The molecule has 1 aliphatic heterocycles. The van der Waals surface area contributed by atoms with E-state index < -0.39 is 0 Å². The van der Waals surface area contributed by atoms with E-state index >= 15 is 0 Å². The number of rotatable bonds is 2. The molecule has 0 radical (unpaired) electrons. The molecule has 2 atom stereocenters. The van der Waals surface area contributed by atoms with E-state index in [4.69, 9.17) is 26.4 Å². The van der Waals surface area contributed by atoms with E-state index in [1.165, 1.54) is 12.1 Å². The second kappa shape index (κ2) is 6.67. The van der Waals surface area contributed by atoms with Crippen LogP contribution in [0.4, 0.5) is 10.2 Å². The number of hydrogen-bond donors (Lipinski definition) is 0. The molecule has 2 unspecified atom stereocenters. The molecule has 1 saturated heterocycles. The van der Waals surface area contributed by atoms with Gasteiger partial charge in [0.2, 0.25) is 0 Å². The van der Waals surface area contributed by atoms with Gasteiger partial charge in [-0.25, -0.2) is 14.1 Å². The molecule has 0 N–H and O–H groups in total. The first kappa shape index (κ1) is 18.3. The van der Waals surface area contributed by atoms with Gasteiger partial charge in [-0.1, -0.05) is 17.7 Å². The fourth-order valence-electron chi connectivity index (χ4n) is 4.03. The third kappa shape index (κ3) is 2.94. The molecule has 29 heavy (non-hydrogen) atoms. The molecule has 3 aromatic heterocycles. The summed E-state index contributed by atoms with van der Waals surface area (Å²) in [6, 6.07) is 6.21. The van der Waals surface area contributed by atoms with Gasteiger partial charge in [-0.2, -0.15) is 10.2 Å². The maximum Gasteiger partial charge on any atom is 0.162 e. The molecule has 4 aromatic rings. The molecule has 1 aromatic carbocycles. The predicted molar refractivity (Wildman–Crippen MR) is 110 cm³/mol. The molecule has 0 amide bonds. The first-order valence-electron chi connectivity index (χ1n) is 9.48. The van der Waals surface area contributed by atoms with Gasteiger partial charge >= 0.3 is 0 Å². The van der Waals surface area contributed by atoms with Crippen molar-refractivity contribution >= 4 is 39.4 Å². The molecular formula is C20H20ClFN6O. The van der Waals surface area contributed by atoms with Crippen molar-refractivity contribution < 1.29 is 9.13 Å². The van der Waals surface area contributed by atoms with Crippen LogP contribution in [-0.2, 0) is 11.8 Å². The first-order chi connectivity index (χ1) is 13.9. The van der Waals surface area contributed by atoms with Crippen molar-refractivity contribution in [1.29, 1.82) is 0 Å². The topological polar surface area (TPSA) is 61.0 Å². The van der Waals surface area contributed by atoms with Gasteiger partial charge in [0.1, 0.15) is 22.3 Å². The Labute approximate surface area is 171 Å². The van der Waals surface area contributed by atoms with Crippen LogP contribution in [0.5, 0.6) is 0 Å². The Bertz CT molecular complexity index is 1220. The Morgan fingerprint density at radius 2 is 1.97 bits per heavy atom. The third-order valence-electron chi connectivity index (χ3n) is 5.20. The number of aromatic nitrogens is 5. The van der Waals surface area contributed by atoms with Crippen LogP contribution in [0.1, 0.15) is 13.8 Å². The molecule has 9 heteroatoms. The molecule has 0 saturated carbocycles. The van der Waals surface area contributed by atoms with E-state index in [0.29, 0.717) is 29.4 Å². The quantitative estimate of drug-likeness (QED) is 0.500. The number of benzene rings is 1. The molecular weight excluding hydrogens is 395 g/mol. The van der Waals surface area contributed by atoms with Gasteiger partial charge in [-0.15, -0.1) is 0 Å². The molecule has 5 rings (SSSR count). The fraction of sp³-hybridized carbons (Fsp3) is 0.350. The highest BCUT2D eigenvalue weighted by Gasteiger charge is 2.28. The molecule has 0 spiro atoms. The minimum absolute atomic E-state index is 0.0647. The number of nitrogens with zero attached hydrogens (tertiary/aromatic N) is 6. The van der Waals surface area contributed by atoms with E-state index in [9.17, 15) is 4.39 Å². The number of halogens is 2. The maximum atomic E-state index is 13.8. The molecule has 1 fully saturated rings. The lowest BCUT2D eigenvalue weighted by molar-refractivity contribution is -0.00535. The molecule has 150 valence electrons. The van der Waals surface area contributed by atoms with Crippen LogP contribution in [0.3, 0.4) is 0 Å². The number of anilines is 1. The summed E-state index contributed by atoms with van der Waals surface area (Å²) in [5, 5.41) is 11.0. The highest BCUT2D eigenvalue weighted by molar-refractivity contribution is 6.36. The van der Waals surface area contributed by atoms with Gasteiger partial charge < -0.3 is 9.64 Å². The van der Waals surface area contributed by atoms with Gasteiger partial charge in [0, 0.05) is 20.1 Å². The summed E-state index contributed by atoms with van der Waals surface area (Å²) in [7, 11) is 1.85. The molecule has 4 heterocycles. The van der Waals surface area contributed by atoms with Gasteiger partial charge in [0.05, 0.1) is 34.9 Å². The standard InChI is InChI=1S/C20H20ClFN6O/c1-11-9-27(10-12(2)29-11)20-16-17(15-8-23-26(3)19(15)24-20)25-28(18(16)21)14-6-4-5-13(22)7-14/h4-8,11-12H,9-10H2,1-3H3. The lowest BCUT2D eigenvalue weighted by Crippen LogP contribution is -2.46. The van der Waals surface area contributed by atoms with Crippen LogP contribution in [-0.4, -0.2) is 49.8 Å². The van der Waals surface area contributed by atoms with Crippen LogP contribution in [0.2, 0.25) is 5.15 Å². The number of hydrogen-bond acceptors (Lipinski definition) is 5. The summed E-state index contributed by atoms with van der Waals surface area (Å²) in [5.74, 6) is 0.393. The Morgan fingerprint density at radius 1 is 1.21 bits per heavy atom. The number of fused-ring (bicyclic) bond motifs is 3. The Kier molecular flexibility index (Phi) is 4.22. The maximum absolute atomic E-state index is 13.8. The Hall–Kier alpha value is -2.71. The average molecular weight is 415 g/mol. The van der Waals surface area contributed by atoms with Crippen molar-refractivity contribution in [2.45, 2.75) is 26.1 Å². The number of pyridine rings is 1. The number of aryl methyl sites for hydroxylation is 1. The molecule has 0 bridgehead atoms. The van der Waals surface area contributed by atoms with Crippen LogP contribution >= 0.6 is 11.6 Å². The van der Waals surface area contributed by atoms with Gasteiger partial charge in [0.15, 0.2) is 5.65 Å². The smallest absolute Gasteiger partial charge is 0.162 e. The molecule has 0 aliphatic carbocycles. The minimum atomic E-state index is -0.348. The SMILES string of the molecule is CC1CN(c2nc3c(cnn3C)c3nn(-c4cccc(F)c4)c(Cl)c23)CC(C)O1. The predicted octanol–water partition coefficient (Wildman–Crippen LogP) is 3.71. The summed E-state index contributed by atoms with van der Waals surface area (Å²) in [6.45, 7) is 5.47. The van der Waals surface area contributed by atoms with Crippen LogP contribution in [0.15, 0.2) is 30.5 Å². The van der Waals surface area contributed by atoms with Crippen molar-refractivity contribution in [3.63, 3.8) is 0 Å². The number of morpholine rings is 1. The zero-order valence-electron chi connectivity index (χ0n) is 16.3. The highest BCUT2D eigenvalue weighted by atomic mass is 35.5. The summed E-state index contributed by atoms with van der Waals surface area (Å²) in [4.78, 5) is 7.08. The van der Waals surface area contributed by atoms with Crippen molar-refractivity contribution in [2.75, 3.05) is 18.0 Å². The summed E-state index contributed by atoms with van der Waals surface area (Å²) >= 11 is 6.80. The van der Waals surface area contributed by atoms with Crippen LogP contribution < -0.4 is 4.90 Å². The summed E-state index contributed by atoms with van der Waals surface area (Å²) in [6.07, 6.45) is 1.86. The lowest BCUT2D eigenvalue weighted by atomic mass is 10.2. The van der Waals surface area contributed by atoms with Gasteiger partial charge in [0.25, 0.3) is 0 Å². The normalized spacial score (nSPS) is 20.1. The third-order valence-corrected chi connectivity index (χ3v) is 5.55. The second-order valence-electron chi connectivity index (χ2n) is 7.51. The van der Waals surface area contributed by atoms with Crippen molar-refractivity contribution in [3.05, 3.63) is 41.4 Å². The largest absolute Gasteiger partial charge is 0.372 e. The number of ether oxygens (including phenoxy) is 1. The van der Waals surface area contributed by atoms with E-state index in [0.717, 1.165) is 22.2 Å². The zero-order chi connectivity index (χ0) is 20.3. The van der Waals surface area contributed by atoms with E-state index in [1.54, 1.807) is 27.7 Å². The van der Waals surface area contributed by atoms with Crippen LogP contribution in [0, 0.1) is 5.82 Å². The first-order valence-corrected chi connectivity index (χ1v) is 9.86.